The van der Waals surface area contributed by atoms with Gasteiger partial charge < -0.3 is 10.5 Å². The van der Waals surface area contributed by atoms with Crippen molar-refractivity contribution < 1.29 is 4.74 Å². The molecule has 0 saturated carbocycles. The van der Waals surface area contributed by atoms with Gasteiger partial charge in [-0.2, -0.15) is 0 Å². The third-order valence-corrected chi connectivity index (χ3v) is 4.85. The fraction of sp³-hybridized carbons (Fsp3) is 0.286. The van der Waals surface area contributed by atoms with Crippen molar-refractivity contribution >= 4 is 5.82 Å². The molecule has 1 aliphatic heterocycles. The van der Waals surface area contributed by atoms with Gasteiger partial charge in [-0.15, -0.1) is 0 Å². The molecule has 0 amide bonds. The minimum absolute atomic E-state index is 0.0816. The third-order valence-electron chi connectivity index (χ3n) is 4.85. The number of hydrogen-bond donors (Lipinski definition) is 1. The Hall–Kier alpha value is -2.83. The number of nitrogens with zero attached hydrogens (tertiary/aromatic N) is 4. The highest BCUT2D eigenvalue weighted by atomic mass is 16.5. The number of aromatic nitrogens is 3. The van der Waals surface area contributed by atoms with Crippen LogP contribution in [0.5, 0.6) is 0 Å². The van der Waals surface area contributed by atoms with Gasteiger partial charge in [-0.1, -0.05) is 30.3 Å². The average Bonchev–Trinajstić information content (AvgIpc) is 2.73. The Bertz CT molecular complexity index is 887. The number of pyridine rings is 1. The van der Waals surface area contributed by atoms with Crippen molar-refractivity contribution in [3.05, 3.63) is 72.4 Å². The molecule has 1 aromatic carbocycles. The molecule has 1 aliphatic rings. The minimum atomic E-state index is -0.0816. The number of benzene rings is 1. The van der Waals surface area contributed by atoms with Crippen LogP contribution in [0.25, 0.3) is 11.1 Å². The zero-order chi connectivity index (χ0) is 18.5. The van der Waals surface area contributed by atoms with Crippen LogP contribution in [0.3, 0.4) is 0 Å². The standard InChI is InChI=1S/C21H23N5O/c22-20-12-17(6-8-24-20)18-13-23-15-25-21(18)19-14-26(10-11-27-19)9-7-16-4-2-1-3-5-16/h1-6,8,12-13,15,19H,7,9-11,14H2,(H2,22,24)/t19-/m0/s1. The molecule has 1 atom stereocenters. The summed E-state index contributed by atoms with van der Waals surface area (Å²) in [6, 6.07) is 14.3. The van der Waals surface area contributed by atoms with E-state index in [-0.39, 0.29) is 6.10 Å². The third kappa shape index (κ3) is 4.30. The SMILES string of the molecule is Nc1cc(-c2cncnc2[C@@H]2CN(CCc3ccccc3)CCO2)ccn1. The lowest BCUT2D eigenvalue weighted by Crippen LogP contribution is -2.39. The molecule has 0 radical (unpaired) electrons. The topological polar surface area (TPSA) is 77.2 Å². The van der Waals surface area contributed by atoms with Crippen LogP contribution in [0.4, 0.5) is 5.82 Å². The summed E-state index contributed by atoms with van der Waals surface area (Å²) in [5.41, 5.74) is 10.0. The van der Waals surface area contributed by atoms with Crippen molar-refractivity contribution in [3.63, 3.8) is 0 Å². The summed E-state index contributed by atoms with van der Waals surface area (Å²) in [5, 5.41) is 0. The highest BCUT2D eigenvalue weighted by Gasteiger charge is 2.25. The van der Waals surface area contributed by atoms with E-state index in [1.165, 1.54) is 5.56 Å². The Kier molecular flexibility index (Phi) is 5.37. The molecule has 1 saturated heterocycles. The molecule has 6 nitrogen and oxygen atoms in total. The number of nitrogen functional groups attached to an aromatic ring is 1. The van der Waals surface area contributed by atoms with Crippen LogP contribution in [0.2, 0.25) is 0 Å². The van der Waals surface area contributed by atoms with Crippen LogP contribution in [-0.2, 0) is 11.2 Å². The Morgan fingerprint density at radius 1 is 1.15 bits per heavy atom. The zero-order valence-electron chi connectivity index (χ0n) is 15.2. The summed E-state index contributed by atoms with van der Waals surface area (Å²) >= 11 is 0. The van der Waals surface area contributed by atoms with Crippen molar-refractivity contribution in [1.82, 2.24) is 19.9 Å². The van der Waals surface area contributed by atoms with E-state index in [2.05, 4.69) is 50.2 Å². The summed E-state index contributed by atoms with van der Waals surface area (Å²) in [4.78, 5) is 15.2. The fourth-order valence-corrected chi connectivity index (χ4v) is 3.44. The number of ether oxygens (including phenoxy) is 1. The number of rotatable bonds is 5. The lowest BCUT2D eigenvalue weighted by Gasteiger charge is -2.33. The van der Waals surface area contributed by atoms with Crippen molar-refractivity contribution in [2.45, 2.75) is 12.5 Å². The van der Waals surface area contributed by atoms with E-state index in [9.17, 15) is 0 Å². The van der Waals surface area contributed by atoms with Gasteiger partial charge in [0.15, 0.2) is 0 Å². The molecule has 1 fully saturated rings. The van der Waals surface area contributed by atoms with Gasteiger partial charge in [0.25, 0.3) is 0 Å². The second-order valence-electron chi connectivity index (χ2n) is 6.69. The fourth-order valence-electron chi connectivity index (χ4n) is 3.44. The minimum Gasteiger partial charge on any atom is -0.384 e. The quantitative estimate of drug-likeness (QED) is 0.753. The molecule has 0 spiro atoms. The van der Waals surface area contributed by atoms with E-state index in [1.54, 1.807) is 12.5 Å². The molecule has 3 heterocycles. The van der Waals surface area contributed by atoms with Crippen molar-refractivity contribution in [3.8, 4) is 11.1 Å². The molecule has 138 valence electrons. The van der Waals surface area contributed by atoms with E-state index in [0.717, 1.165) is 42.9 Å². The molecule has 6 heteroatoms. The van der Waals surface area contributed by atoms with Crippen LogP contribution in [0, 0.1) is 0 Å². The molecule has 2 N–H and O–H groups in total. The molecule has 4 rings (SSSR count). The van der Waals surface area contributed by atoms with Gasteiger partial charge in [0.05, 0.1) is 12.3 Å². The molecule has 3 aromatic rings. The van der Waals surface area contributed by atoms with Gasteiger partial charge in [-0.05, 0) is 29.7 Å². The number of hydrogen-bond acceptors (Lipinski definition) is 6. The first kappa shape index (κ1) is 17.6. The molecule has 0 bridgehead atoms. The van der Waals surface area contributed by atoms with Gasteiger partial charge in [0.1, 0.15) is 18.2 Å². The van der Waals surface area contributed by atoms with Gasteiger partial charge in [-0.3, -0.25) is 4.90 Å². The summed E-state index contributed by atoms with van der Waals surface area (Å²) in [6.45, 7) is 3.46. The molecule has 0 unspecified atom stereocenters. The zero-order valence-corrected chi connectivity index (χ0v) is 15.2. The van der Waals surface area contributed by atoms with E-state index in [0.29, 0.717) is 12.4 Å². The first-order valence-corrected chi connectivity index (χ1v) is 9.19. The van der Waals surface area contributed by atoms with Crippen molar-refractivity contribution in [2.24, 2.45) is 0 Å². The maximum Gasteiger partial charge on any atom is 0.123 e. The lowest BCUT2D eigenvalue weighted by atomic mass is 10.0. The van der Waals surface area contributed by atoms with Gasteiger partial charge in [0, 0.05) is 37.6 Å². The van der Waals surface area contributed by atoms with Crippen molar-refractivity contribution in [1.29, 1.82) is 0 Å². The van der Waals surface area contributed by atoms with Crippen LogP contribution < -0.4 is 5.73 Å². The first-order valence-electron chi connectivity index (χ1n) is 9.19. The van der Waals surface area contributed by atoms with E-state index in [4.69, 9.17) is 10.5 Å². The van der Waals surface area contributed by atoms with E-state index in [1.807, 2.05) is 18.3 Å². The molecular weight excluding hydrogens is 338 g/mol. The Morgan fingerprint density at radius 3 is 2.89 bits per heavy atom. The van der Waals surface area contributed by atoms with Crippen LogP contribution >= 0.6 is 0 Å². The summed E-state index contributed by atoms with van der Waals surface area (Å²) in [6.07, 6.45) is 6.06. The Morgan fingerprint density at radius 2 is 2.04 bits per heavy atom. The maximum atomic E-state index is 6.06. The van der Waals surface area contributed by atoms with Gasteiger partial charge in [0.2, 0.25) is 0 Å². The second kappa shape index (κ2) is 8.24. The van der Waals surface area contributed by atoms with Crippen LogP contribution in [0.15, 0.2) is 61.2 Å². The largest absolute Gasteiger partial charge is 0.384 e. The average molecular weight is 361 g/mol. The van der Waals surface area contributed by atoms with Gasteiger partial charge in [-0.25, -0.2) is 15.0 Å². The number of nitrogens with two attached hydrogens (primary N) is 1. The highest BCUT2D eigenvalue weighted by molar-refractivity contribution is 5.67. The highest BCUT2D eigenvalue weighted by Crippen LogP contribution is 2.30. The maximum absolute atomic E-state index is 6.06. The number of anilines is 1. The predicted molar refractivity (Wildman–Crippen MR) is 105 cm³/mol. The Labute approximate surface area is 159 Å². The van der Waals surface area contributed by atoms with E-state index < -0.39 is 0 Å². The van der Waals surface area contributed by atoms with Crippen molar-refractivity contribution in [2.75, 3.05) is 32.0 Å². The van der Waals surface area contributed by atoms with Crippen LogP contribution in [-0.4, -0.2) is 46.1 Å². The number of morpholine rings is 1. The molecule has 27 heavy (non-hydrogen) atoms. The normalized spacial score (nSPS) is 17.7. The lowest BCUT2D eigenvalue weighted by molar-refractivity contribution is -0.0314. The molecule has 0 aliphatic carbocycles. The van der Waals surface area contributed by atoms with E-state index >= 15 is 0 Å². The summed E-state index contributed by atoms with van der Waals surface area (Å²) in [5.74, 6) is 0.483. The monoisotopic (exact) mass is 361 g/mol. The second-order valence-corrected chi connectivity index (χ2v) is 6.69. The predicted octanol–water partition coefficient (Wildman–Crippen LogP) is 2.74. The van der Waals surface area contributed by atoms with Gasteiger partial charge >= 0.3 is 0 Å². The molecule has 2 aromatic heterocycles. The first-order chi connectivity index (χ1) is 13.3. The van der Waals surface area contributed by atoms with Crippen LogP contribution in [0.1, 0.15) is 17.4 Å². The summed E-state index contributed by atoms with van der Waals surface area (Å²) < 4.78 is 6.06. The summed E-state index contributed by atoms with van der Waals surface area (Å²) in [7, 11) is 0. The smallest absolute Gasteiger partial charge is 0.123 e. The Balaban J connectivity index is 1.50. The molecular formula is C21H23N5O.